The Labute approximate surface area is 163 Å². The number of carbonyl (C=O) groups is 3. The van der Waals surface area contributed by atoms with Crippen LogP contribution in [0.25, 0.3) is 0 Å². The molecule has 0 spiro atoms. The van der Waals surface area contributed by atoms with Gasteiger partial charge in [-0.2, -0.15) is 5.26 Å². The minimum atomic E-state index is -0.851. The number of anilines is 1. The van der Waals surface area contributed by atoms with Crippen molar-refractivity contribution in [1.82, 2.24) is 4.90 Å². The molecule has 3 amide bonds. The summed E-state index contributed by atoms with van der Waals surface area (Å²) < 4.78 is 14.1. The fourth-order valence-corrected chi connectivity index (χ4v) is 2.97. The Hall–Kier alpha value is -4.13. The van der Waals surface area contributed by atoms with Crippen LogP contribution in [0.2, 0.25) is 0 Å². The number of rotatable bonds is 6. The number of halogens is 1. The van der Waals surface area contributed by atoms with Gasteiger partial charge >= 0.3 is 0 Å². The molecule has 29 heavy (non-hydrogen) atoms. The lowest BCUT2D eigenvalue weighted by atomic mass is 10.1. The Kier molecular flexibility index (Phi) is 5.32. The number of imide groups is 1. The number of hydrogen-bond acceptors (Lipinski definition) is 6. The van der Waals surface area contributed by atoms with E-state index in [0.717, 1.165) is 29.2 Å². The molecule has 0 saturated heterocycles. The summed E-state index contributed by atoms with van der Waals surface area (Å²) in [5.41, 5.74) is -0.672. The van der Waals surface area contributed by atoms with Gasteiger partial charge in [0.05, 0.1) is 34.2 Å². The Morgan fingerprint density at radius 3 is 2.52 bits per heavy atom. The van der Waals surface area contributed by atoms with Crippen molar-refractivity contribution in [2.45, 2.75) is 6.42 Å². The van der Waals surface area contributed by atoms with Crippen LogP contribution in [-0.2, 0) is 4.79 Å². The largest absolute Gasteiger partial charge is 0.307 e. The summed E-state index contributed by atoms with van der Waals surface area (Å²) in [5, 5.41) is 19.7. The first-order valence-corrected chi connectivity index (χ1v) is 8.41. The molecule has 1 aliphatic rings. The van der Waals surface area contributed by atoms with Crippen molar-refractivity contribution in [1.29, 1.82) is 5.26 Å². The van der Waals surface area contributed by atoms with Gasteiger partial charge in [0.15, 0.2) is 0 Å². The number of benzene rings is 2. The average Bonchev–Trinajstić information content (AvgIpc) is 2.94. The number of nitrogens with zero attached hydrogens (tertiary/aromatic N) is 4. The molecular weight excluding hydrogens is 383 g/mol. The van der Waals surface area contributed by atoms with E-state index in [2.05, 4.69) is 0 Å². The van der Waals surface area contributed by atoms with E-state index in [4.69, 9.17) is 5.26 Å². The number of nitro groups is 1. The van der Waals surface area contributed by atoms with E-state index in [-0.39, 0.29) is 35.5 Å². The SMILES string of the molecule is N#CCCN(C(=O)CN1C(=O)c2ccc([N+](=O)[O-])cc2C1=O)c1ccccc1F. The van der Waals surface area contributed by atoms with Gasteiger partial charge in [-0.25, -0.2) is 4.39 Å². The molecule has 0 atom stereocenters. The number of nitro benzene ring substituents is 1. The molecule has 2 aromatic carbocycles. The van der Waals surface area contributed by atoms with E-state index in [1.165, 1.54) is 18.2 Å². The quantitative estimate of drug-likeness (QED) is 0.419. The first kappa shape index (κ1) is 19.6. The maximum atomic E-state index is 14.1. The van der Waals surface area contributed by atoms with Gasteiger partial charge in [0.1, 0.15) is 12.4 Å². The van der Waals surface area contributed by atoms with Crippen molar-refractivity contribution < 1.29 is 23.7 Å². The fraction of sp³-hybridized carbons (Fsp3) is 0.158. The van der Waals surface area contributed by atoms with Crippen LogP contribution in [-0.4, -0.2) is 40.6 Å². The highest BCUT2D eigenvalue weighted by molar-refractivity contribution is 6.23. The first-order valence-electron chi connectivity index (χ1n) is 8.41. The minimum absolute atomic E-state index is 0.0529. The van der Waals surface area contributed by atoms with E-state index >= 15 is 0 Å². The Balaban J connectivity index is 1.87. The Morgan fingerprint density at radius 1 is 1.17 bits per heavy atom. The van der Waals surface area contributed by atoms with Crippen LogP contribution >= 0.6 is 0 Å². The van der Waals surface area contributed by atoms with Gasteiger partial charge in [-0.05, 0) is 18.2 Å². The van der Waals surface area contributed by atoms with Crippen molar-refractivity contribution in [3.8, 4) is 6.07 Å². The fourth-order valence-electron chi connectivity index (χ4n) is 2.97. The van der Waals surface area contributed by atoms with E-state index in [9.17, 15) is 28.9 Å². The lowest BCUT2D eigenvalue weighted by molar-refractivity contribution is -0.384. The van der Waals surface area contributed by atoms with Crippen molar-refractivity contribution in [3.63, 3.8) is 0 Å². The Morgan fingerprint density at radius 2 is 1.86 bits per heavy atom. The third kappa shape index (κ3) is 3.66. The maximum Gasteiger partial charge on any atom is 0.270 e. The smallest absolute Gasteiger partial charge is 0.270 e. The molecule has 10 heteroatoms. The molecule has 1 aliphatic heterocycles. The summed E-state index contributed by atoms with van der Waals surface area (Å²) in [6.45, 7) is -0.829. The molecule has 0 N–H and O–H groups in total. The number of hydrogen-bond donors (Lipinski definition) is 0. The van der Waals surface area contributed by atoms with Crippen LogP contribution in [0.5, 0.6) is 0 Å². The van der Waals surface area contributed by atoms with Crippen LogP contribution < -0.4 is 4.90 Å². The van der Waals surface area contributed by atoms with Crippen molar-refractivity contribution in [2.75, 3.05) is 18.0 Å². The maximum absolute atomic E-state index is 14.1. The summed E-state index contributed by atoms with van der Waals surface area (Å²) in [4.78, 5) is 49.7. The van der Waals surface area contributed by atoms with Crippen LogP contribution in [0, 0.1) is 27.3 Å². The van der Waals surface area contributed by atoms with Gasteiger partial charge in [0, 0.05) is 18.7 Å². The lowest BCUT2D eigenvalue weighted by Crippen LogP contribution is -2.43. The summed E-state index contributed by atoms with van der Waals surface area (Å²) in [6, 6.07) is 10.5. The third-order valence-electron chi connectivity index (χ3n) is 4.35. The second kappa shape index (κ2) is 7.85. The molecule has 0 saturated carbocycles. The highest BCUT2D eigenvalue weighted by atomic mass is 19.1. The van der Waals surface area contributed by atoms with Crippen molar-refractivity contribution >= 4 is 29.1 Å². The number of fused-ring (bicyclic) bond motifs is 1. The summed E-state index contributed by atoms with van der Waals surface area (Å²) in [6.07, 6.45) is -0.0889. The summed E-state index contributed by atoms with van der Waals surface area (Å²) in [5.74, 6) is -3.09. The van der Waals surface area contributed by atoms with E-state index in [0.29, 0.717) is 4.90 Å². The number of para-hydroxylation sites is 1. The van der Waals surface area contributed by atoms with E-state index in [1.807, 2.05) is 6.07 Å². The van der Waals surface area contributed by atoms with Gasteiger partial charge in [0.25, 0.3) is 17.5 Å². The van der Waals surface area contributed by atoms with Crippen molar-refractivity contribution in [2.24, 2.45) is 0 Å². The molecule has 146 valence electrons. The first-order chi connectivity index (χ1) is 13.8. The van der Waals surface area contributed by atoms with Crippen molar-refractivity contribution in [3.05, 3.63) is 69.5 Å². The highest BCUT2D eigenvalue weighted by Gasteiger charge is 2.38. The lowest BCUT2D eigenvalue weighted by Gasteiger charge is -2.24. The van der Waals surface area contributed by atoms with E-state index < -0.39 is 35.0 Å². The molecule has 0 radical (unpaired) electrons. The third-order valence-corrected chi connectivity index (χ3v) is 4.35. The molecule has 0 fully saturated rings. The average molecular weight is 396 g/mol. The zero-order valence-corrected chi connectivity index (χ0v) is 14.9. The standard InChI is InChI=1S/C19H13FN4O5/c20-15-4-1-2-5-16(15)22(9-3-8-21)17(25)11-23-18(26)13-7-6-12(24(28)29)10-14(13)19(23)27/h1-2,4-7,10H,3,9,11H2. The molecule has 0 unspecified atom stereocenters. The van der Waals surface area contributed by atoms with E-state index in [1.54, 1.807) is 0 Å². The zero-order valence-electron chi connectivity index (χ0n) is 14.9. The molecular formula is C19H13FN4O5. The predicted molar refractivity (Wildman–Crippen MR) is 97.4 cm³/mol. The number of amides is 3. The summed E-state index contributed by atoms with van der Waals surface area (Å²) >= 11 is 0. The second-order valence-electron chi connectivity index (χ2n) is 6.09. The number of non-ortho nitro benzene ring substituents is 1. The molecule has 0 aliphatic carbocycles. The Bertz CT molecular complexity index is 1080. The predicted octanol–water partition coefficient (Wildman–Crippen LogP) is 2.28. The van der Waals surface area contributed by atoms with Gasteiger partial charge in [0.2, 0.25) is 5.91 Å². The number of carbonyl (C=O) groups excluding carboxylic acids is 3. The van der Waals surface area contributed by atoms with Crippen LogP contribution in [0.3, 0.4) is 0 Å². The molecule has 1 heterocycles. The number of nitriles is 1. The molecule has 0 aromatic heterocycles. The van der Waals surface area contributed by atoms with Gasteiger partial charge in [-0.3, -0.25) is 29.4 Å². The zero-order chi connectivity index (χ0) is 21.1. The van der Waals surface area contributed by atoms with Gasteiger partial charge in [-0.15, -0.1) is 0 Å². The molecule has 9 nitrogen and oxygen atoms in total. The topological polar surface area (TPSA) is 125 Å². The monoisotopic (exact) mass is 396 g/mol. The molecule has 0 bridgehead atoms. The summed E-state index contributed by atoms with van der Waals surface area (Å²) in [7, 11) is 0. The van der Waals surface area contributed by atoms with Gasteiger partial charge in [-0.1, -0.05) is 12.1 Å². The van der Waals surface area contributed by atoms with Crippen LogP contribution in [0.4, 0.5) is 15.8 Å². The minimum Gasteiger partial charge on any atom is -0.307 e. The van der Waals surface area contributed by atoms with Crippen LogP contribution in [0.1, 0.15) is 27.1 Å². The van der Waals surface area contributed by atoms with Gasteiger partial charge < -0.3 is 4.90 Å². The second-order valence-corrected chi connectivity index (χ2v) is 6.09. The molecule has 3 rings (SSSR count). The normalized spacial score (nSPS) is 12.5. The van der Waals surface area contributed by atoms with Crippen LogP contribution in [0.15, 0.2) is 42.5 Å². The molecule has 2 aromatic rings. The highest BCUT2D eigenvalue weighted by Crippen LogP contribution is 2.27.